The number of ether oxygens (including phenoxy) is 3. The molecule has 0 saturated heterocycles. The summed E-state index contributed by atoms with van der Waals surface area (Å²) in [5.41, 5.74) is 5.68. The first-order valence-corrected chi connectivity index (χ1v) is 5.73. The third-order valence-corrected chi connectivity index (χ3v) is 2.16. The standard InChI is InChI=1S/C13H20FNO3/c1-13(2,3)18-6-5-17-12-8-11(16-4)9(14)7-10(12)15/h7-8H,5-6,15H2,1-4H3. The summed E-state index contributed by atoms with van der Waals surface area (Å²) in [5, 5.41) is 0. The van der Waals surface area contributed by atoms with E-state index in [1.807, 2.05) is 20.8 Å². The number of rotatable bonds is 5. The van der Waals surface area contributed by atoms with Gasteiger partial charge in [-0.25, -0.2) is 4.39 Å². The molecule has 18 heavy (non-hydrogen) atoms. The van der Waals surface area contributed by atoms with E-state index in [9.17, 15) is 4.39 Å². The Hall–Kier alpha value is -1.49. The van der Waals surface area contributed by atoms with Crippen molar-refractivity contribution in [2.75, 3.05) is 26.1 Å². The summed E-state index contributed by atoms with van der Waals surface area (Å²) < 4.78 is 29.1. The van der Waals surface area contributed by atoms with E-state index < -0.39 is 5.82 Å². The van der Waals surface area contributed by atoms with E-state index in [2.05, 4.69) is 0 Å². The molecule has 0 radical (unpaired) electrons. The fraction of sp³-hybridized carbons (Fsp3) is 0.538. The van der Waals surface area contributed by atoms with Gasteiger partial charge in [0.15, 0.2) is 11.6 Å². The van der Waals surface area contributed by atoms with Crippen molar-refractivity contribution in [3.05, 3.63) is 17.9 Å². The maximum Gasteiger partial charge on any atom is 0.167 e. The van der Waals surface area contributed by atoms with Crippen LogP contribution in [0, 0.1) is 5.82 Å². The van der Waals surface area contributed by atoms with Gasteiger partial charge < -0.3 is 19.9 Å². The van der Waals surface area contributed by atoms with Crippen LogP contribution in [-0.2, 0) is 4.74 Å². The minimum absolute atomic E-state index is 0.107. The smallest absolute Gasteiger partial charge is 0.167 e. The molecule has 0 bridgehead atoms. The van der Waals surface area contributed by atoms with Gasteiger partial charge in [0, 0.05) is 12.1 Å². The molecule has 1 rings (SSSR count). The van der Waals surface area contributed by atoms with Gasteiger partial charge in [-0.2, -0.15) is 0 Å². The summed E-state index contributed by atoms with van der Waals surface area (Å²) in [6.45, 7) is 6.66. The van der Waals surface area contributed by atoms with E-state index in [1.165, 1.54) is 19.2 Å². The first-order valence-electron chi connectivity index (χ1n) is 5.73. The average Bonchev–Trinajstić information content (AvgIpc) is 2.25. The van der Waals surface area contributed by atoms with Crippen molar-refractivity contribution in [1.29, 1.82) is 0 Å². The highest BCUT2D eigenvalue weighted by Crippen LogP contribution is 2.29. The number of halogens is 1. The van der Waals surface area contributed by atoms with Crippen molar-refractivity contribution in [3.63, 3.8) is 0 Å². The van der Waals surface area contributed by atoms with Gasteiger partial charge in [0.1, 0.15) is 12.4 Å². The molecule has 0 aliphatic carbocycles. The molecule has 4 nitrogen and oxygen atoms in total. The van der Waals surface area contributed by atoms with Crippen LogP contribution in [-0.4, -0.2) is 25.9 Å². The Morgan fingerprint density at radius 3 is 2.39 bits per heavy atom. The van der Waals surface area contributed by atoms with Crippen molar-refractivity contribution >= 4 is 5.69 Å². The topological polar surface area (TPSA) is 53.7 Å². The number of hydrogen-bond donors (Lipinski definition) is 1. The Morgan fingerprint density at radius 1 is 1.17 bits per heavy atom. The van der Waals surface area contributed by atoms with Crippen molar-refractivity contribution in [3.8, 4) is 11.5 Å². The summed E-state index contributed by atoms with van der Waals surface area (Å²) in [7, 11) is 1.39. The Kier molecular flexibility index (Phi) is 4.78. The van der Waals surface area contributed by atoms with Gasteiger partial charge in [-0.05, 0) is 20.8 Å². The Bertz CT molecular complexity index is 402. The highest BCUT2D eigenvalue weighted by atomic mass is 19.1. The second kappa shape index (κ2) is 5.91. The van der Waals surface area contributed by atoms with Gasteiger partial charge in [-0.15, -0.1) is 0 Å². The average molecular weight is 257 g/mol. The summed E-state index contributed by atoms with van der Waals surface area (Å²) >= 11 is 0. The van der Waals surface area contributed by atoms with Crippen LogP contribution < -0.4 is 15.2 Å². The number of hydrogen-bond acceptors (Lipinski definition) is 4. The SMILES string of the molecule is COc1cc(OCCOC(C)(C)C)c(N)cc1F. The van der Waals surface area contributed by atoms with Gasteiger partial charge in [0.2, 0.25) is 0 Å². The molecule has 0 amide bonds. The van der Waals surface area contributed by atoms with E-state index in [0.717, 1.165) is 0 Å². The van der Waals surface area contributed by atoms with Gasteiger partial charge in [0.25, 0.3) is 0 Å². The second-order valence-electron chi connectivity index (χ2n) is 4.83. The van der Waals surface area contributed by atoms with Crippen molar-refractivity contribution in [2.45, 2.75) is 26.4 Å². The fourth-order valence-corrected chi connectivity index (χ4v) is 1.33. The number of anilines is 1. The van der Waals surface area contributed by atoms with E-state index in [-0.39, 0.29) is 17.0 Å². The maximum absolute atomic E-state index is 13.3. The molecule has 0 unspecified atom stereocenters. The maximum atomic E-state index is 13.3. The fourth-order valence-electron chi connectivity index (χ4n) is 1.33. The molecule has 1 aromatic carbocycles. The molecular weight excluding hydrogens is 237 g/mol. The summed E-state index contributed by atoms with van der Waals surface area (Å²) in [4.78, 5) is 0. The molecule has 0 fully saturated rings. The molecule has 1 aromatic rings. The van der Waals surface area contributed by atoms with Gasteiger partial charge in [-0.1, -0.05) is 0 Å². The van der Waals surface area contributed by atoms with Crippen LogP contribution in [0.4, 0.5) is 10.1 Å². The number of nitrogen functional groups attached to an aromatic ring is 1. The first kappa shape index (κ1) is 14.6. The zero-order valence-corrected chi connectivity index (χ0v) is 11.2. The molecule has 0 aromatic heterocycles. The van der Waals surface area contributed by atoms with E-state index in [1.54, 1.807) is 0 Å². The van der Waals surface area contributed by atoms with Gasteiger partial charge in [-0.3, -0.25) is 0 Å². The molecular formula is C13H20FNO3. The third-order valence-electron chi connectivity index (χ3n) is 2.16. The van der Waals surface area contributed by atoms with Crippen LogP contribution >= 0.6 is 0 Å². The van der Waals surface area contributed by atoms with Crippen molar-refractivity contribution in [1.82, 2.24) is 0 Å². The minimum Gasteiger partial charge on any atom is -0.494 e. The van der Waals surface area contributed by atoms with Crippen LogP contribution in [0.5, 0.6) is 11.5 Å². The van der Waals surface area contributed by atoms with Crippen LogP contribution in [0.2, 0.25) is 0 Å². The summed E-state index contributed by atoms with van der Waals surface area (Å²) in [6.07, 6.45) is 0. The quantitative estimate of drug-likeness (QED) is 0.650. The normalized spacial score (nSPS) is 11.4. The molecule has 0 aliphatic rings. The molecule has 0 atom stereocenters. The molecule has 5 heteroatoms. The third kappa shape index (κ3) is 4.41. The monoisotopic (exact) mass is 257 g/mol. The van der Waals surface area contributed by atoms with Gasteiger partial charge >= 0.3 is 0 Å². The molecule has 102 valence electrons. The summed E-state index contributed by atoms with van der Waals surface area (Å²) in [6, 6.07) is 2.61. The molecule has 2 N–H and O–H groups in total. The van der Waals surface area contributed by atoms with Gasteiger partial charge in [0.05, 0.1) is 25.0 Å². The predicted molar refractivity (Wildman–Crippen MR) is 68.6 cm³/mol. The minimum atomic E-state index is -0.506. The Morgan fingerprint density at radius 2 is 1.83 bits per heavy atom. The van der Waals surface area contributed by atoms with E-state index in [4.69, 9.17) is 19.9 Å². The molecule has 0 aliphatic heterocycles. The lowest BCUT2D eigenvalue weighted by Crippen LogP contribution is -2.22. The van der Waals surface area contributed by atoms with Crippen LogP contribution in [0.3, 0.4) is 0 Å². The Labute approximate surface area is 107 Å². The highest BCUT2D eigenvalue weighted by Gasteiger charge is 2.11. The van der Waals surface area contributed by atoms with E-state index >= 15 is 0 Å². The lowest BCUT2D eigenvalue weighted by molar-refractivity contribution is -0.0162. The first-order chi connectivity index (χ1) is 8.33. The predicted octanol–water partition coefficient (Wildman–Crippen LogP) is 2.61. The number of benzene rings is 1. The number of methoxy groups -OCH3 is 1. The zero-order valence-electron chi connectivity index (χ0n) is 11.2. The Balaban J connectivity index is 2.57. The molecule has 0 spiro atoms. The van der Waals surface area contributed by atoms with Crippen LogP contribution in [0.1, 0.15) is 20.8 Å². The van der Waals surface area contributed by atoms with E-state index in [0.29, 0.717) is 19.0 Å². The van der Waals surface area contributed by atoms with Crippen LogP contribution in [0.25, 0.3) is 0 Å². The highest BCUT2D eigenvalue weighted by molar-refractivity contribution is 5.56. The van der Waals surface area contributed by atoms with Crippen LogP contribution in [0.15, 0.2) is 12.1 Å². The van der Waals surface area contributed by atoms with Crippen molar-refractivity contribution < 1.29 is 18.6 Å². The van der Waals surface area contributed by atoms with Crippen molar-refractivity contribution in [2.24, 2.45) is 0 Å². The molecule has 0 saturated carbocycles. The number of nitrogens with two attached hydrogens (primary N) is 1. The lowest BCUT2D eigenvalue weighted by atomic mass is 10.2. The second-order valence-corrected chi connectivity index (χ2v) is 4.83. The largest absolute Gasteiger partial charge is 0.494 e. The summed E-state index contributed by atoms with van der Waals surface area (Å²) in [5.74, 6) is -0.00464. The zero-order chi connectivity index (χ0) is 13.8. The lowest BCUT2D eigenvalue weighted by Gasteiger charge is -2.19. The molecule has 0 heterocycles.